The molecule has 1 aliphatic rings. The molecule has 4 nitrogen and oxygen atoms in total. The van der Waals surface area contributed by atoms with Gasteiger partial charge in [-0.1, -0.05) is 24.3 Å². The van der Waals surface area contributed by atoms with Gasteiger partial charge in [0.1, 0.15) is 22.8 Å². The molecule has 1 fully saturated rings. The molecule has 2 aromatic heterocycles. The number of nitrogens with zero attached hydrogens (tertiary/aromatic N) is 4. The number of fused-ring (bicyclic) bond motifs is 1. The van der Waals surface area contributed by atoms with Crippen molar-refractivity contribution in [1.82, 2.24) is 9.97 Å². The van der Waals surface area contributed by atoms with Crippen LogP contribution >= 0.6 is 11.3 Å². The number of halogens is 1. The van der Waals surface area contributed by atoms with E-state index in [0.717, 1.165) is 46.8 Å². The maximum atomic E-state index is 13.4. The summed E-state index contributed by atoms with van der Waals surface area (Å²) in [6.45, 7) is 7.12. The third-order valence-electron chi connectivity index (χ3n) is 5.77. The van der Waals surface area contributed by atoms with Crippen LogP contribution in [0.4, 0.5) is 15.9 Å². The van der Waals surface area contributed by atoms with E-state index in [-0.39, 0.29) is 5.82 Å². The van der Waals surface area contributed by atoms with E-state index in [1.807, 2.05) is 12.1 Å². The molecule has 1 saturated heterocycles. The van der Waals surface area contributed by atoms with E-state index >= 15 is 0 Å². The Kier molecular flexibility index (Phi) is 4.87. The maximum Gasteiger partial charge on any atom is 0.141 e. The largest absolute Gasteiger partial charge is 0.365 e. The molecule has 152 valence electrons. The molecule has 0 bridgehead atoms. The molecular formula is C24H23FN4S. The highest BCUT2D eigenvalue weighted by Gasteiger charge is 2.27. The summed E-state index contributed by atoms with van der Waals surface area (Å²) in [6, 6.07) is 15.7. The molecule has 2 aromatic carbocycles. The molecule has 0 amide bonds. The molecule has 5 rings (SSSR count). The van der Waals surface area contributed by atoms with E-state index in [0.29, 0.717) is 6.04 Å². The Morgan fingerprint density at radius 1 is 1.07 bits per heavy atom. The van der Waals surface area contributed by atoms with E-state index in [2.05, 4.69) is 63.3 Å². The minimum Gasteiger partial charge on any atom is -0.365 e. The number of anilines is 2. The molecular weight excluding hydrogens is 395 g/mol. The normalized spacial score (nSPS) is 17.0. The number of benzene rings is 2. The molecule has 30 heavy (non-hydrogen) atoms. The number of piperazine rings is 1. The molecule has 0 spiro atoms. The number of aryl methyl sites for hydroxylation is 1. The van der Waals surface area contributed by atoms with Gasteiger partial charge in [0.05, 0.1) is 5.39 Å². The van der Waals surface area contributed by atoms with Crippen LogP contribution in [0.2, 0.25) is 0 Å². The van der Waals surface area contributed by atoms with Crippen molar-refractivity contribution in [3.63, 3.8) is 0 Å². The summed E-state index contributed by atoms with van der Waals surface area (Å²) >= 11 is 1.61. The van der Waals surface area contributed by atoms with E-state index in [4.69, 9.17) is 0 Å². The standard InChI is InChI=1S/C24H23FN4S/c1-16-4-3-5-20(12-16)29-11-10-28(13-17(29)2)23-22-21(14-30-24(22)27-15-26-23)18-6-8-19(25)9-7-18/h3-9,12,14-15,17H,10-11,13H2,1-2H3/t17-/m0/s1. The summed E-state index contributed by atoms with van der Waals surface area (Å²) in [5.41, 5.74) is 4.61. The van der Waals surface area contributed by atoms with Gasteiger partial charge in [0, 0.05) is 42.3 Å². The van der Waals surface area contributed by atoms with Crippen LogP contribution in [0.5, 0.6) is 0 Å². The monoisotopic (exact) mass is 418 g/mol. The summed E-state index contributed by atoms with van der Waals surface area (Å²) in [5, 5.41) is 3.16. The van der Waals surface area contributed by atoms with Gasteiger partial charge < -0.3 is 9.80 Å². The van der Waals surface area contributed by atoms with Crippen LogP contribution in [0.1, 0.15) is 12.5 Å². The lowest BCUT2D eigenvalue weighted by atomic mass is 10.0. The maximum absolute atomic E-state index is 13.4. The molecule has 1 atom stereocenters. The summed E-state index contributed by atoms with van der Waals surface area (Å²) in [7, 11) is 0. The first-order valence-electron chi connectivity index (χ1n) is 10.2. The second-order valence-electron chi connectivity index (χ2n) is 7.86. The van der Waals surface area contributed by atoms with Crippen LogP contribution in [-0.4, -0.2) is 35.6 Å². The SMILES string of the molecule is Cc1cccc(N2CCN(c3ncnc4scc(-c5ccc(F)cc5)c34)C[C@@H]2C)c1. The zero-order chi connectivity index (χ0) is 20.7. The molecule has 6 heteroatoms. The number of hydrogen-bond donors (Lipinski definition) is 0. The molecule has 3 heterocycles. The minimum atomic E-state index is -0.226. The van der Waals surface area contributed by atoms with Crippen LogP contribution in [0.3, 0.4) is 0 Å². The van der Waals surface area contributed by atoms with Crippen LogP contribution in [0, 0.1) is 12.7 Å². The quantitative estimate of drug-likeness (QED) is 0.438. The zero-order valence-corrected chi connectivity index (χ0v) is 17.9. The lowest BCUT2D eigenvalue weighted by Gasteiger charge is -2.42. The fourth-order valence-electron chi connectivity index (χ4n) is 4.28. The van der Waals surface area contributed by atoms with Crippen molar-refractivity contribution in [2.45, 2.75) is 19.9 Å². The summed E-state index contributed by atoms with van der Waals surface area (Å²) in [6.07, 6.45) is 1.65. The number of hydrogen-bond acceptors (Lipinski definition) is 5. The van der Waals surface area contributed by atoms with Crippen molar-refractivity contribution in [3.05, 3.63) is 71.6 Å². The average molecular weight is 419 g/mol. The van der Waals surface area contributed by atoms with E-state index in [1.165, 1.54) is 23.4 Å². The highest BCUT2D eigenvalue weighted by Crippen LogP contribution is 2.38. The van der Waals surface area contributed by atoms with Gasteiger partial charge in [-0.05, 0) is 49.2 Å². The minimum absolute atomic E-state index is 0.226. The van der Waals surface area contributed by atoms with Gasteiger partial charge in [-0.2, -0.15) is 0 Å². The average Bonchev–Trinajstić information content (AvgIpc) is 3.18. The van der Waals surface area contributed by atoms with Crippen molar-refractivity contribution in [2.75, 3.05) is 29.4 Å². The number of thiophene rings is 1. The lowest BCUT2D eigenvalue weighted by Crippen LogP contribution is -2.52. The Labute approximate surface area is 179 Å². The fourth-order valence-corrected chi connectivity index (χ4v) is 5.19. The van der Waals surface area contributed by atoms with Crippen molar-refractivity contribution in [2.24, 2.45) is 0 Å². The van der Waals surface area contributed by atoms with E-state index in [1.54, 1.807) is 17.7 Å². The van der Waals surface area contributed by atoms with Crippen LogP contribution in [0.25, 0.3) is 21.3 Å². The van der Waals surface area contributed by atoms with Gasteiger partial charge in [-0.25, -0.2) is 14.4 Å². The zero-order valence-electron chi connectivity index (χ0n) is 17.0. The highest BCUT2D eigenvalue weighted by molar-refractivity contribution is 7.17. The predicted octanol–water partition coefficient (Wildman–Crippen LogP) is 5.52. The Morgan fingerprint density at radius 3 is 2.67 bits per heavy atom. The van der Waals surface area contributed by atoms with Gasteiger partial charge in [0.15, 0.2) is 0 Å². The Hall–Kier alpha value is -2.99. The first kappa shape index (κ1) is 19.0. The summed E-state index contributed by atoms with van der Waals surface area (Å²) in [5.74, 6) is 0.743. The molecule has 0 N–H and O–H groups in total. The number of rotatable bonds is 3. The van der Waals surface area contributed by atoms with Gasteiger partial charge in [0.2, 0.25) is 0 Å². The van der Waals surface area contributed by atoms with Crippen molar-refractivity contribution >= 4 is 33.1 Å². The number of aromatic nitrogens is 2. The summed E-state index contributed by atoms with van der Waals surface area (Å²) in [4.78, 5) is 15.0. The first-order chi connectivity index (χ1) is 14.6. The molecule has 0 unspecified atom stereocenters. The molecule has 0 radical (unpaired) electrons. The van der Waals surface area contributed by atoms with Crippen LogP contribution in [-0.2, 0) is 0 Å². The molecule has 0 saturated carbocycles. The molecule has 0 aliphatic carbocycles. The second-order valence-corrected chi connectivity index (χ2v) is 8.72. The van der Waals surface area contributed by atoms with Crippen molar-refractivity contribution < 1.29 is 4.39 Å². The molecule has 1 aliphatic heterocycles. The van der Waals surface area contributed by atoms with Gasteiger partial charge >= 0.3 is 0 Å². The van der Waals surface area contributed by atoms with Crippen molar-refractivity contribution in [3.8, 4) is 11.1 Å². The van der Waals surface area contributed by atoms with E-state index in [9.17, 15) is 4.39 Å². The predicted molar refractivity (Wildman–Crippen MR) is 123 cm³/mol. The van der Waals surface area contributed by atoms with E-state index < -0.39 is 0 Å². The third-order valence-corrected chi connectivity index (χ3v) is 6.65. The highest BCUT2D eigenvalue weighted by atomic mass is 32.1. The first-order valence-corrected chi connectivity index (χ1v) is 11.0. The second kappa shape index (κ2) is 7.69. The fraction of sp³-hybridized carbons (Fsp3) is 0.250. The Morgan fingerprint density at radius 2 is 1.90 bits per heavy atom. The topological polar surface area (TPSA) is 32.3 Å². The smallest absolute Gasteiger partial charge is 0.141 e. The van der Waals surface area contributed by atoms with Gasteiger partial charge in [-0.15, -0.1) is 11.3 Å². The van der Waals surface area contributed by atoms with Crippen LogP contribution in [0.15, 0.2) is 60.2 Å². The lowest BCUT2D eigenvalue weighted by molar-refractivity contribution is 0.548. The van der Waals surface area contributed by atoms with Gasteiger partial charge in [0.25, 0.3) is 0 Å². The van der Waals surface area contributed by atoms with Gasteiger partial charge in [-0.3, -0.25) is 0 Å². The molecule has 4 aromatic rings. The third kappa shape index (κ3) is 3.41. The van der Waals surface area contributed by atoms with Crippen molar-refractivity contribution in [1.29, 1.82) is 0 Å². The Bertz CT molecular complexity index is 1190. The Balaban J connectivity index is 1.48. The summed E-state index contributed by atoms with van der Waals surface area (Å²) < 4.78 is 13.4. The van der Waals surface area contributed by atoms with Crippen LogP contribution < -0.4 is 9.80 Å².